The second-order valence-corrected chi connectivity index (χ2v) is 4.55. The smallest absolute Gasteiger partial charge is 0.134 e. The summed E-state index contributed by atoms with van der Waals surface area (Å²) < 4.78 is 0. The maximum atomic E-state index is 5.90. The Hall–Kier alpha value is -1.54. The Balaban J connectivity index is 2.40. The van der Waals surface area contributed by atoms with Crippen LogP contribution in [0.1, 0.15) is 11.1 Å². The third kappa shape index (κ3) is 2.59. The Kier molecular flexibility index (Phi) is 3.34. The summed E-state index contributed by atoms with van der Waals surface area (Å²) in [6, 6.07) is 12.0. The number of benzene rings is 1. The van der Waals surface area contributed by atoms with Crippen LogP contribution in [0.5, 0.6) is 0 Å². The normalized spacial score (nSPS) is 10.4. The fourth-order valence-electron chi connectivity index (χ4n) is 1.89. The van der Waals surface area contributed by atoms with Crippen molar-refractivity contribution in [3.05, 3.63) is 52.7 Å². The van der Waals surface area contributed by atoms with Crippen LogP contribution in [0.15, 0.2) is 36.4 Å². The molecule has 0 aliphatic rings. The molecule has 0 saturated carbocycles. The quantitative estimate of drug-likeness (QED) is 0.741. The highest BCUT2D eigenvalue weighted by molar-refractivity contribution is 6.29. The van der Waals surface area contributed by atoms with Crippen molar-refractivity contribution < 1.29 is 0 Å². The van der Waals surface area contributed by atoms with Crippen LogP contribution < -0.4 is 4.90 Å². The summed E-state index contributed by atoms with van der Waals surface area (Å²) in [4.78, 5) is 6.35. The first-order chi connectivity index (χ1) is 8.08. The van der Waals surface area contributed by atoms with E-state index in [2.05, 4.69) is 37.0 Å². The molecule has 0 radical (unpaired) electrons. The predicted octanol–water partition coefficient (Wildman–Crippen LogP) is 4.12. The van der Waals surface area contributed by atoms with E-state index >= 15 is 0 Å². The first-order valence-corrected chi connectivity index (χ1v) is 5.89. The number of rotatable bonds is 2. The average molecular weight is 247 g/mol. The minimum Gasteiger partial charge on any atom is -0.329 e. The number of pyridine rings is 1. The molecule has 0 spiro atoms. The Morgan fingerprint density at radius 1 is 1.12 bits per heavy atom. The second-order valence-electron chi connectivity index (χ2n) is 4.17. The van der Waals surface area contributed by atoms with Crippen molar-refractivity contribution in [3.63, 3.8) is 0 Å². The summed E-state index contributed by atoms with van der Waals surface area (Å²) in [5.74, 6) is 0.851. The third-order valence-corrected chi connectivity index (χ3v) is 2.97. The minimum atomic E-state index is 0.513. The van der Waals surface area contributed by atoms with E-state index in [4.69, 9.17) is 11.6 Å². The maximum Gasteiger partial charge on any atom is 0.134 e. The van der Waals surface area contributed by atoms with E-state index in [0.717, 1.165) is 11.5 Å². The highest BCUT2D eigenvalue weighted by Crippen LogP contribution is 2.26. The molecule has 88 valence electrons. The molecule has 0 bridgehead atoms. The first-order valence-electron chi connectivity index (χ1n) is 5.51. The van der Waals surface area contributed by atoms with Gasteiger partial charge in [0.25, 0.3) is 0 Å². The van der Waals surface area contributed by atoms with Crippen molar-refractivity contribution in [1.82, 2.24) is 4.98 Å². The topological polar surface area (TPSA) is 16.1 Å². The monoisotopic (exact) mass is 246 g/mol. The van der Waals surface area contributed by atoms with Gasteiger partial charge in [0.1, 0.15) is 11.0 Å². The molecule has 0 aliphatic heterocycles. The molecule has 0 saturated heterocycles. The van der Waals surface area contributed by atoms with Crippen LogP contribution >= 0.6 is 11.6 Å². The molecule has 2 rings (SSSR count). The molecular weight excluding hydrogens is 232 g/mol. The molecule has 0 fully saturated rings. The lowest BCUT2D eigenvalue weighted by Gasteiger charge is -2.20. The van der Waals surface area contributed by atoms with E-state index in [1.807, 2.05) is 24.1 Å². The summed E-state index contributed by atoms with van der Waals surface area (Å²) in [6.07, 6.45) is 0. The Bertz CT molecular complexity index is 537. The number of nitrogens with zero attached hydrogens (tertiary/aromatic N) is 2. The molecule has 2 aromatic rings. The summed E-state index contributed by atoms with van der Waals surface area (Å²) in [5, 5.41) is 0.513. The molecule has 1 aromatic carbocycles. The van der Waals surface area contributed by atoms with Gasteiger partial charge in [-0.25, -0.2) is 4.98 Å². The van der Waals surface area contributed by atoms with Crippen molar-refractivity contribution in [3.8, 4) is 0 Å². The molecule has 1 heterocycles. The molecule has 1 aromatic heterocycles. The summed E-state index contributed by atoms with van der Waals surface area (Å²) in [5.41, 5.74) is 3.64. The van der Waals surface area contributed by atoms with E-state index in [9.17, 15) is 0 Å². The number of aromatic nitrogens is 1. The van der Waals surface area contributed by atoms with Gasteiger partial charge in [0.2, 0.25) is 0 Å². The van der Waals surface area contributed by atoms with Gasteiger partial charge in [0.05, 0.1) is 0 Å². The van der Waals surface area contributed by atoms with Crippen molar-refractivity contribution in [1.29, 1.82) is 0 Å². The van der Waals surface area contributed by atoms with Crippen LogP contribution in [0, 0.1) is 13.8 Å². The number of hydrogen-bond acceptors (Lipinski definition) is 2. The molecule has 2 nitrogen and oxygen atoms in total. The average Bonchev–Trinajstić information content (AvgIpc) is 2.28. The predicted molar refractivity (Wildman–Crippen MR) is 73.2 cm³/mol. The molecular formula is C14H15ClN2. The largest absolute Gasteiger partial charge is 0.329 e. The molecule has 0 N–H and O–H groups in total. The van der Waals surface area contributed by atoms with Crippen LogP contribution in [-0.2, 0) is 0 Å². The lowest BCUT2D eigenvalue weighted by Crippen LogP contribution is -2.12. The van der Waals surface area contributed by atoms with E-state index in [-0.39, 0.29) is 0 Å². The van der Waals surface area contributed by atoms with Gasteiger partial charge in [-0.1, -0.05) is 35.4 Å². The van der Waals surface area contributed by atoms with Gasteiger partial charge >= 0.3 is 0 Å². The van der Waals surface area contributed by atoms with Crippen LogP contribution in [0.25, 0.3) is 0 Å². The molecule has 0 unspecified atom stereocenters. The summed E-state index contributed by atoms with van der Waals surface area (Å²) >= 11 is 5.90. The highest BCUT2D eigenvalue weighted by atomic mass is 35.5. The van der Waals surface area contributed by atoms with Gasteiger partial charge in [-0.3, -0.25) is 0 Å². The molecule has 3 heteroatoms. The van der Waals surface area contributed by atoms with Crippen molar-refractivity contribution in [2.45, 2.75) is 13.8 Å². The fraction of sp³-hybridized carbons (Fsp3) is 0.214. The van der Waals surface area contributed by atoms with E-state index in [0.29, 0.717) is 5.15 Å². The van der Waals surface area contributed by atoms with Crippen molar-refractivity contribution in [2.75, 3.05) is 11.9 Å². The lowest BCUT2D eigenvalue weighted by atomic mass is 10.1. The number of hydrogen-bond donors (Lipinski definition) is 0. The van der Waals surface area contributed by atoms with E-state index in [1.165, 1.54) is 11.1 Å². The van der Waals surface area contributed by atoms with Gasteiger partial charge in [-0.2, -0.15) is 0 Å². The number of aryl methyl sites for hydroxylation is 2. The van der Waals surface area contributed by atoms with Gasteiger partial charge < -0.3 is 4.90 Å². The lowest BCUT2D eigenvalue weighted by molar-refractivity contribution is 1.11. The number of halogens is 1. The number of anilines is 2. The van der Waals surface area contributed by atoms with Crippen molar-refractivity contribution >= 4 is 23.1 Å². The molecule has 0 aliphatic carbocycles. The third-order valence-electron chi connectivity index (χ3n) is 2.76. The van der Waals surface area contributed by atoms with Crippen LogP contribution in [0.3, 0.4) is 0 Å². The summed E-state index contributed by atoms with van der Waals surface area (Å²) in [6.45, 7) is 4.19. The highest BCUT2D eigenvalue weighted by Gasteiger charge is 2.08. The van der Waals surface area contributed by atoms with Gasteiger partial charge in [0, 0.05) is 12.7 Å². The van der Waals surface area contributed by atoms with Gasteiger partial charge in [-0.15, -0.1) is 0 Å². The Morgan fingerprint density at radius 2 is 1.88 bits per heavy atom. The van der Waals surface area contributed by atoms with E-state index < -0.39 is 0 Å². The maximum absolute atomic E-state index is 5.90. The minimum absolute atomic E-state index is 0.513. The van der Waals surface area contributed by atoms with Crippen molar-refractivity contribution in [2.24, 2.45) is 0 Å². The Morgan fingerprint density at radius 3 is 2.53 bits per heavy atom. The van der Waals surface area contributed by atoms with Gasteiger partial charge in [0.15, 0.2) is 0 Å². The Labute approximate surface area is 107 Å². The van der Waals surface area contributed by atoms with E-state index in [1.54, 1.807) is 6.07 Å². The summed E-state index contributed by atoms with van der Waals surface area (Å²) in [7, 11) is 2.00. The molecule has 0 atom stereocenters. The van der Waals surface area contributed by atoms with Crippen LogP contribution in [-0.4, -0.2) is 12.0 Å². The fourth-order valence-corrected chi connectivity index (χ4v) is 2.05. The zero-order chi connectivity index (χ0) is 12.4. The molecule has 0 amide bonds. The molecule has 17 heavy (non-hydrogen) atoms. The second kappa shape index (κ2) is 4.76. The van der Waals surface area contributed by atoms with Crippen LogP contribution in [0.4, 0.5) is 11.5 Å². The standard InChI is InChI=1S/C14H15ClN2/c1-10-7-8-12(11(2)9-10)17(3)14-6-4-5-13(15)16-14/h4-9H,1-3H3. The zero-order valence-corrected chi connectivity index (χ0v) is 11.0. The van der Waals surface area contributed by atoms with Gasteiger partial charge in [-0.05, 0) is 37.6 Å². The first kappa shape index (κ1) is 11.9. The van der Waals surface area contributed by atoms with Crippen LogP contribution in [0.2, 0.25) is 5.15 Å². The SMILES string of the molecule is Cc1ccc(N(C)c2cccc(Cl)n2)c(C)c1. The zero-order valence-electron chi connectivity index (χ0n) is 10.2.